The van der Waals surface area contributed by atoms with Crippen molar-refractivity contribution < 1.29 is 4.39 Å². The number of fused-ring (bicyclic) bond motifs is 2. The number of likely N-dealkylation sites (tertiary alicyclic amines) is 1. The van der Waals surface area contributed by atoms with Crippen molar-refractivity contribution in [3.8, 4) is 0 Å². The van der Waals surface area contributed by atoms with Gasteiger partial charge < -0.3 is 0 Å². The zero-order chi connectivity index (χ0) is 13.6. The highest BCUT2D eigenvalue weighted by atomic mass is 19.1. The van der Waals surface area contributed by atoms with E-state index in [0.29, 0.717) is 0 Å². The van der Waals surface area contributed by atoms with Gasteiger partial charge in [-0.2, -0.15) is 0 Å². The maximum absolute atomic E-state index is 13.3. The monoisotopic (exact) mass is 273 g/mol. The molecule has 108 valence electrons. The molecule has 3 aliphatic rings. The van der Waals surface area contributed by atoms with Crippen molar-refractivity contribution in [1.82, 2.24) is 4.90 Å². The number of benzene rings is 1. The first kappa shape index (κ1) is 12.8. The fourth-order valence-electron chi connectivity index (χ4n) is 5.26. The van der Waals surface area contributed by atoms with E-state index >= 15 is 0 Å². The summed E-state index contributed by atoms with van der Waals surface area (Å²) in [5, 5.41) is 0. The molecule has 0 amide bonds. The lowest BCUT2D eigenvalue weighted by atomic mass is 9.73. The quantitative estimate of drug-likeness (QED) is 0.775. The van der Waals surface area contributed by atoms with E-state index < -0.39 is 0 Å². The zero-order valence-electron chi connectivity index (χ0n) is 12.2. The van der Waals surface area contributed by atoms with Gasteiger partial charge in [0.1, 0.15) is 5.82 Å². The highest BCUT2D eigenvalue weighted by Gasteiger charge is 2.54. The smallest absolute Gasteiger partial charge is 0.123 e. The van der Waals surface area contributed by atoms with Gasteiger partial charge in [-0.25, -0.2) is 4.39 Å². The van der Waals surface area contributed by atoms with E-state index in [1.807, 2.05) is 0 Å². The van der Waals surface area contributed by atoms with Crippen molar-refractivity contribution in [1.29, 1.82) is 0 Å². The lowest BCUT2D eigenvalue weighted by Crippen LogP contribution is -2.51. The Bertz CT molecular complexity index is 477. The molecule has 0 spiro atoms. The van der Waals surface area contributed by atoms with E-state index in [0.717, 1.165) is 11.8 Å². The van der Waals surface area contributed by atoms with Crippen molar-refractivity contribution in [2.24, 2.45) is 11.8 Å². The summed E-state index contributed by atoms with van der Waals surface area (Å²) in [6.07, 6.45) is 9.54. The molecule has 1 nitrogen and oxygen atoms in total. The summed E-state index contributed by atoms with van der Waals surface area (Å²) in [4.78, 5) is 2.76. The highest BCUT2D eigenvalue weighted by molar-refractivity contribution is 5.30. The number of nitrogens with zero attached hydrogens (tertiary/aromatic N) is 1. The van der Waals surface area contributed by atoms with E-state index in [1.54, 1.807) is 12.1 Å². The molecule has 2 bridgehead atoms. The Hall–Kier alpha value is -0.890. The van der Waals surface area contributed by atoms with E-state index in [-0.39, 0.29) is 11.4 Å². The molecule has 2 heteroatoms. The first-order valence-electron chi connectivity index (χ1n) is 8.30. The molecule has 1 saturated heterocycles. The highest BCUT2D eigenvalue weighted by Crippen LogP contribution is 2.58. The molecule has 1 heterocycles. The van der Waals surface area contributed by atoms with Crippen LogP contribution in [-0.4, -0.2) is 18.0 Å². The Kier molecular flexibility index (Phi) is 3.10. The molecule has 1 aromatic rings. The summed E-state index contributed by atoms with van der Waals surface area (Å²) in [7, 11) is 0. The van der Waals surface area contributed by atoms with Crippen LogP contribution in [0, 0.1) is 17.7 Å². The molecule has 4 rings (SSSR count). The van der Waals surface area contributed by atoms with Gasteiger partial charge in [0.05, 0.1) is 0 Å². The van der Waals surface area contributed by atoms with Crippen molar-refractivity contribution in [2.45, 2.75) is 50.5 Å². The van der Waals surface area contributed by atoms with Gasteiger partial charge in [-0.1, -0.05) is 25.0 Å². The van der Waals surface area contributed by atoms with Crippen LogP contribution >= 0.6 is 0 Å². The molecule has 2 aliphatic carbocycles. The summed E-state index contributed by atoms with van der Waals surface area (Å²) in [5.74, 6) is 1.61. The minimum atomic E-state index is -0.106. The first-order valence-corrected chi connectivity index (χ1v) is 8.30. The molecule has 0 N–H and O–H groups in total. The summed E-state index contributed by atoms with van der Waals surface area (Å²) in [6.45, 7) is 2.47. The van der Waals surface area contributed by atoms with Crippen molar-refractivity contribution in [3.05, 3.63) is 35.6 Å². The first-order chi connectivity index (χ1) is 9.79. The summed E-state index contributed by atoms with van der Waals surface area (Å²) >= 11 is 0. The number of hydrogen-bond acceptors (Lipinski definition) is 1. The van der Waals surface area contributed by atoms with Crippen molar-refractivity contribution >= 4 is 0 Å². The largest absolute Gasteiger partial charge is 0.293 e. The number of halogens is 1. The van der Waals surface area contributed by atoms with Gasteiger partial charge >= 0.3 is 0 Å². The van der Waals surface area contributed by atoms with Crippen LogP contribution in [0.4, 0.5) is 4.39 Å². The summed E-state index contributed by atoms with van der Waals surface area (Å²) in [6, 6.07) is 7.44. The van der Waals surface area contributed by atoms with E-state index in [2.05, 4.69) is 17.0 Å². The normalized spacial score (nSPS) is 37.5. The van der Waals surface area contributed by atoms with E-state index in [1.165, 1.54) is 63.6 Å². The van der Waals surface area contributed by atoms with Crippen LogP contribution in [0.25, 0.3) is 0 Å². The Morgan fingerprint density at radius 1 is 1.00 bits per heavy atom. The Morgan fingerprint density at radius 3 is 2.35 bits per heavy atom. The van der Waals surface area contributed by atoms with Crippen LogP contribution in [0.5, 0.6) is 0 Å². The van der Waals surface area contributed by atoms with Crippen molar-refractivity contribution in [3.63, 3.8) is 0 Å². The fourth-order valence-corrected chi connectivity index (χ4v) is 5.26. The molecule has 0 radical (unpaired) electrons. The lowest BCUT2D eigenvalue weighted by molar-refractivity contribution is 0.0154. The second-order valence-electron chi connectivity index (χ2n) is 7.06. The molecule has 3 atom stereocenters. The maximum atomic E-state index is 13.3. The zero-order valence-corrected chi connectivity index (χ0v) is 12.2. The number of piperidine rings is 1. The average molecular weight is 273 g/mol. The van der Waals surface area contributed by atoms with Crippen LogP contribution < -0.4 is 0 Å². The molecule has 3 unspecified atom stereocenters. The maximum Gasteiger partial charge on any atom is 0.123 e. The molecule has 3 fully saturated rings. The molecular weight excluding hydrogens is 249 g/mol. The minimum Gasteiger partial charge on any atom is -0.293 e. The lowest BCUT2D eigenvalue weighted by Gasteiger charge is -2.49. The Labute approximate surface area is 121 Å². The van der Waals surface area contributed by atoms with E-state index in [4.69, 9.17) is 0 Å². The van der Waals surface area contributed by atoms with Gasteiger partial charge in [0.15, 0.2) is 0 Å². The SMILES string of the molecule is Fc1ccc(C2(N3CCCCC3)CC3CCC2C3)cc1. The van der Waals surface area contributed by atoms with Gasteiger partial charge in [0, 0.05) is 5.54 Å². The Balaban J connectivity index is 1.75. The van der Waals surface area contributed by atoms with Crippen LogP contribution in [0.2, 0.25) is 0 Å². The van der Waals surface area contributed by atoms with E-state index in [9.17, 15) is 4.39 Å². The molecule has 1 aliphatic heterocycles. The van der Waals surface area contributed by atoms with Gasteiger partial charge in [-0.15, -0.1) is 0 Å². The third kappa shape index (κ3) is 1.84. The molecule has 20 heavy (non-hydrogen) atoms. The third-order valence-corrected chi connectivity index (χ3v) is 6.08. The number of hydrogen-bond donors (Lipinski definition) is 0. The molecule has 2 saturated carbocycles. The topological polar surface area (TPSA) is 3.24 Å². The standard InChI is InChI=1S/C18H24FN/c19-17-8-6-15(7-9-17)18(20-10-2-1-3-11-20)13-14-4-5-16(18)12-14/h6-9,14,16H,1-5,10-13H2. The van der Waals surface area contributed by atoms with Gasteiger partial charge in [-0.05, 0) is 74.7 Å². The van der Waals surface area contributed by atoms with Crippen LogP contribution in [0.3, 0.4) is 0 Å². The van der Waals surface area contributed by atoms with Crippen LogP contribution in [-0.2, 0) is 5.54 Å². The van der Waals surface area contributed by atoms with Gasteiger partial charge in [-0.3, -0.25) is 4.90 Å². The summed E-state index contributed by atoms with van der Waals surface area (Å²) < 4.78 is 13.3. The summed E-state index contributed by atoms with van der Waals surface area (Å²) in [5.41, 5.74) is 1.62. The minimum absolute atomic E-state index is 0.106. The molecule has 1 aromatic carbocycles. The number of rotatable bonds is 2. The van der Waals surface area contributed by atoms with Crippen molar-refractivity contribution in [2.75, 3.05) is 13.1 Å². The van der Waals surface area contributed by atoms with Gasteiger partial charge in [0.2, 0.25) is 0 Å². The average Bonchev–Trinajstić information content (AvgIpc) is 3.10. The predicted molar refractivity (Wildman–Crippen MR) is 79.0 cm³/mol. The van der Waals surface area contributed by atoms with Gasteiger partial charge in [0.25, 0.3) is 0 Å². The van der Waals surface area contributed by atoms with Crippen LogP contribution in [0.15, 0.2) is 24.3 Å². The van der Waals surface area contributed by atoms with Crippen LogP contribution in [0.1, 0.15) is 50.5 Å². The molecule has 0 aromatic heterocycles. The fraction of sp³-hybridized carbons (Fsp3) is 0.667. The second-order valence-corrected chi connectivity index (χ2v) is 7.06. The second kappa shape index (κ2) is 4.84. The predicted octanol–water partition coefficient (Wildman–Crippen LogP) is 4.33. The molecular formula is C18H24FN. The third-order valence-electron chi connectivity index (χ3n) is 6.08. The Morgan fingerprint density at radius 2 is 1.75 bits per heavy atom.